The number of carboxylic acids is 1. The number of carboxylic acid groups (broad SMARTS) is 1. The van der Waals surface area contributed by atoms with Crippen molar-refractivity contribution in [2.24, 2.45) is 0 Å². The minimum atomic E-state index is -1.40. The highest BCUT2D eigenvalue weighted by Crippen LogP contribution is 2.26. The molecule has 1 aromatic heterocycles. The third kappa shape index (κ3) is 3.28. The van der Waals surface area contributed by atoms with Gasteiger partial charge in [-0.05, 0) is 36.4 Å². The Labute approximate surface area is 154 Å². The van der Waals surface area contributed by atoms with Crippen LogP contribution < -0.4 is 10.4 Å². The molecule has 0 fully saturated rings. The summed E-state index contributed by atoms with van der Waals surface area (Å²) in [6.07, 6.45) is 0. The predicted molar refractivity (Wildman–Crippen MR) is 98.2 cm³/mol. The fraction of sp³-hybridized carbons (Fsp3) is 0. The van der Waals surface area contributed by atoms with Gasteiger partial charge in [0.05, 0.1) is 5.97 Å². The molecule has 4 rings (SSSR count). The topological polar surface area (TPSA) is 95.3 Å². The number of para-hydroxylation sites is 2. The second-order valence-electron chi connectivity index (χ2n) is 5.85. The minimum Gasteiger partial charge on any atom is -0.545 e. The molecule has 0 saturated heterocycles. The number of aromatic nitrogens is 1. The largest absolute Gasteiger partial charge is 0.545 e. The number of carbonyl (C=O) groups is 2. The number of hydrogen-bond acceptors (Lipinski definition) is 5. The van der Waals surface area contributed by atoms with E-state index >= 15 is 0 Å². The fourth-order valence-corrected chi connectivity index (χ4v) is 2.78. The van der Waals surface area contributed by atoms with Crippen LogP contribution in [0.2, 0.25) is 0 Å². The quantitative estimate of drug-likeness (QED) is 0.605. The molecule has 1 heterocycles. The van der Waals surface area contributed by atoms with Crippen LogP contribution in [0.15, 0.2) is 77.2 Å². The van der Waals surface area contributed by atoms with Crippen LogP contribution in [-0.2, 0) is 0 Å². The first-order valence-corrected chi connectivity index (χ1v) is 8.19. The van der Waals surface area contributed by atoms with Crippen molar-refractivity contribution in [3.63, 3.8) is 0 Å². The van der Waals surface area contributed by atoms with E-state index in [4.69, 9.17) is 4.42 Å². The normalized spacial score (nSPS) is 10.7. The molecular weight excluding hydrogens is 344 g/mol. The number of rotatable bonds is 4. The number of hydrogen-bond donors (Lipinski definition) is 1. The van der Waals surface area contributed by atoms with Crippen LogP contribution in [0.5, 0.6) is 0 Å². The number of fused-ring (bicyclic) bond motifs is 1. The van der Waals surface area contributed by atoms with Crippen molar-refractivity contribution in [1.29, 1.82) is 0 Å². The summed E-state index contributed by atoms with van der Waals surface area (Å²) in [5.41, 5.74) is 2.47. The Bertz CT molecular complexity index is 1130. The number of oxazole rings is 1. The Morgan fingerprint density at radius 1 is 0.889 bits per heavy atom. The Morgan fingerprint density at radius 2 is 1.63 bits per heavy atom. The van der Waals surface area contributed by atoms with E-state index in [0.29, 0.717) is 22.7 Å². The summed E-state index contributed by atoms with van der Waals surface area (Å²) < 4.78 is 5.74. The van der Waals surface area contributed by atoms with Crippen molar-refractivity contribution in [2.45, 2.75) is 0 Å². The molecule has 0 saturated carbocycles. The maximum absolute atomic E-state index is 12.5. The average Bonchev–Trinajstić information content (AvgIpc) is 3.12. The van der Waals surface area contributed by atoms with Gasteiger partial charge >= 0.3 is 0 Å². The van der Waals surface area contributed by atoms with E-state index in [9.17, 15) is 14.7 Å². The Kier molecular flexibility index (Phi) is 4.14. The number of nitrogens with one attached hydrogen (secondary N) is 1. The van der Waals surface area contributed by atoms with E-state index in [1.54, 1.807) is 24.3 Å². The molecule has 0 unspecified atom stereocenters. The van der Waals surface area contributed by atoms with Crippen LogP contribution in [0.25, 0.3) is 22.6 Å². The highest BCUT2D eigenvalue weighted by atomic mass is 16.4. The summed E-state index contributed by atoms with van der Waals surface area (Å²) in [6, 6.07) is 20.3. The van der Waals surface area contributed by atoms with Gasteiger partial charge in [-0.1, -0.05) is 36.4 Å². The third-order valence-electron chi connectivity index (χ3n) is 4.05. The lowest BCUT2D eigenvalue weighted by Gasteiger charge is -2.11. The molecular formula is C21H13N2O4-. The maximum atomic E-state index is 12.5. The van der Waals surface area contributed by atoms with E-state index in [1.165, 1.54) is 18.2 Å². The van der Waals surface area contributed by atoms with E-state index < -0.39 is 11.9 Å². The fourth-order valence-electron chi connectivity index (χ4n) is 2.78. The Hall–Kier alpha value is -3.93. The molecule has 0 atom stereocenters. The molecule has 0 aliphatic carbocycles. The SMILES string of the molecule is O=C([O-])c1ccccc1C(=O)Nc1cccc(-c2nc3ccccc3o2)c1. The number of nitrogens with zero attached hydrogens (tertiary/aromatic N) is 1. The second-order valence-corrected chi connectivity index (χ2v) is 5.85. The molecule has 6 heteroatoms. The van der Waals surface area contributed by atoms with E-state index in [0.717, 1.165) is 5.52 Å². The first-order valence-electron chi connectivity index (χ1n) is 8.19. The third-order valence-corrected chi connectivity index (χ3v) is 4.05. The van der Waals surface area contributed by atoms with Gasteiger partial charge < -0.3 is 19.6 Å². The van der Waals surface area contributed by atoms with Gasteiger partial charge in [0.15, 0.2) is 5.58 Å². The van der Waals surface area contributed by atoms with Gasteiger partial charge in [-0.3, -0.25) is 4.79 Å². The second kappa shape index (κ2) is 6.76. The molecule has 0 spiro atoms. The van der Waals surface area contributed by atoms with Crippen molar-refractivity contribution in [1.82, 2.24) is 4.98 Å². The summed E-state index contributed by atoms with van der Waals surface area (Å²) in [4.78, 5) is 28.1. The molecule has 132 valence electrons. The van der Waals surface area contributed by atoms with Gasteiger partial charge in [-0.2, -0.15) is 0 Å². The molecule has 1 amide bonds. The molecule has 0 radical (unpaired) electrons. The molecule has 6 nitrogen and oxygen atoms in total. The lowest BCUT2D eigenvalue weighted by molar-refractivity contribution is -0.255. The zero-order valence-corrected chi connectivity index (χ0v) is 14.0. The first kappa shape index (κ1) is 16.5. The van der Waals surface area contributed by atoms with Crippen LogP contribution in [0.3, 0.4) is 0 Å². The lowest BCUT2D eigenvalue weighted by Crippen LogP contribution is -2.26. The molecule has 4 aromatic rings. The number of benzene rings is 3. The molecule has 0 bridgehead atoms. The standard InChI is InChI=1S/C21H14N2O4/c24-19(15-8-1-2-9-16(15)21(25)26)22-14-7-5-6-13(12-14)20-23-17-10-3-4-11-18(17)27-20/h1-12H,(H,22,24)(H,25,26)/p-1. The van der Waals surface area contributed by atoms with Gasteiger partial charge in [0.2, 0.25) is 5.89 Å². The zero-order valence-electron chi connectivity index (χ0n) is 14.0. The monoisotopic (exact) mass is 357 g/mol. The van der Waals surface area contributed by atoms with Crippen LogP contribution in [0, 0.1) is 0 Å². The lowest BCUT2D eigenvalue weighted by atomic mass is 10.1. The first-order chi connectivity index (χ1) is 13.1. The van der Waals surface area contributed by atoms with Crippen molar-refractivity contribution in [3.8, 4) is 11.5 Å². The van der Waals surface area contributed by atoms with Crippen LogP contribution in [-0.4, -0.2) is 16.9 Å². The van der Waals surface area contributed by atoms with Crippen LogP contribution >= 0.6 is 0 Å². The molecule has 1 N–H and O–H groups in total. The van der Waals surface area contributed by atoms with Gasteiger partial charge in [0.25, 0.3) is 5.91 Å². The minimum absolute atomic E-state index is 0.0322. The molecule has 3 aromatic carbocycles. The van der Waals surface area contributed by atoms with Crippen molar-refractivity contribution < 1.29 is 19.1 Å². The van der Waals surface area contributed by atoms with Gasteiger partial charge in [0, 0.05) is 22.4 Å². The summed E-state index contributed by atoms with van der Waals surface area (Å²) in [6.45, 7) is 0. The smallest absolute Gasteiger partial charge is 0.256 e. The van der Waals surface area contributed by atoms with E-state index in [1.807, 2.05) is 30.3 Å². The van der Waals surface area contributed by atoms with Crippen molar-refractivity contribution >= 4 is 28.7 Å². The molecule has 27 heavy (non-hydrogen) atoms. The highest BCUT2D eigenvalue weighted by Gasteiger charge is 2.13. The summed E-state index contributed by atoms with van der Waals surface area (Å²) in [7, 11) is 0. The number of anilines is 1. The number of carbonyl (C=O) groups excluding carboxylic acids is 2. The number of aromatic carboxylic acids is 1. The Morgan fingerprint density at radius 3 is 2.41 bits per heavy atom. The van der Waals surface area contributed by atoms with Crippen LogP contribution in [0.4, 0.5) is 5.69 Å². The van der Waals surface area contributed by atoms with E-state index in [2.05, 4.69) is 10.3 Å². The van der Waals surface area contributed by atoms with Gasteiger partial charge in [0.1, 0.15) is 5.52 Å². The highest BCUT2D eigenvalue weighted by molar-refractivity contribution is 6.10. The zero-order chi connectivity index (χ0) is 18.8. The van der Waals surface area contributed by atoms with Crippen LogP contribution in [0.1, 0.15) is 20.7 Å². The molecule has 0 aliphatic rings. The average molecular weight is 357 g/mol. The Balaban J connectivity index is 1.63. The van der Waals surface area contributed by atoms with Gasteiger partial charge in [-0.25, -0.2) is 4.98 Å². The maximum Gasteiger partial charge on any atom is 0.256 e. The van der Waals surface area contributed by atoms with Gasteiger partial charge in [-0.15, -0.1) is 0 Å². The summed E-state index contributed by atoms with van der Waals surface area (Å²) in [5.74, 6) is -1.51. The van der Waals surface area contributed by atoms with Crippen molar-refractivity contribution in [3.05, 3.63) is 83.9 Å². The van der Waals surface area contributed by atoms with E-state index in [-0.39, 0.29) is 11.1 Å². The molecule has 0 aliphatic heterocycles. The summed E-state index contributed by atoms with van der Waals surface area (Å²) >= 11 is 0. The number of amides is 1. The predicted octanol–water partition coefficient (Wildman–Crippen LogP) is 3.11. The summed E-state index contributed by atoms with van der Waals surface area (Å²) in [5, 5.41) is 13.9. The van der Waals surface area contributed by atoms with Crippen molar-refractivity contribution in [2.75, 3.05) is 5.32 Å².